The van der Waals surface area contributed by atoms with Crippen molar-refractivity contribution in [2.45, 2.75) is 31.9 Å². The largest absolute Gasteiger partial charge is 0.534 e. The van der Waals surface area contributed by atoms with Crippen LogP contribution in [0.4, 0.5) is 0 Å². The van der Waals surface area contributed by atoms with Gasteiger partial charge in [0, 0.05) is 11.4 Å². The third-order valence-electron chi connectivity index (χ3n) is 7.27. The number of Topliss-reactive ketones (excluding diaryl/α,β-unsaturated/α-hetero) is 1. The van der Waals surface area contributed by atoms with Crippen molar-refractivity contribution < 1.29 is 19.1 Å². The lowest BCUT2D eigenvalue weighted by molar-refractivity contribution is 0.0743. The molecule has 0 radical (unpaired) electrons. The highest BCUT2D eigenvalue weighted by molar-refractivity contribution is 7.07. The molecule has 0 saturated heterocycles. The van der Waals surface area contributed by atoms with Crippen LogP contribution >= 0.6 is 11.3 Å². The fourth-order valence-electron chi connectivity index (χ4n) is 5.26. The summed E-state index contributed by atoms with van der Waals surface area (Å²) in [5, 5.41) is 14.6. The Morgan fingerprint density at radius 3 is 2.02 bits per heavy atom. The Hall–Kier alpha value is -4.04. The Morgan fingerprint density at radius 2 is 1.46 bits per heavy atom. The zero-order valence-corrected chi connectivity index (χ0v) is 25.4. The second-order valence-corrected chi connectivity index (χ2v) is 15.9. The van der Waals surface area contributed by atoms with E-state index in [2.05, 4.69) is 74.3 Å². The van der Waals surface area contributed by atoms with Gasteiger partial charge in [0.15, 0.2) is 0 Å². The lowest BCUT2D eigenvalue weighted by Crippen LogP contribution is -2.68. The molecule has 4 aromatic carbocycles. The summed E-state index contributed by atoms with van der Waals surface area (Å²) in [5.41, 5.74) is 4.03. The molecule has 208 valence electrons. The average Bonchev–Trinajstić information content (AvgIpc) is 3.54. The van der Waals surface area contributed by atoms with Crippen molar-refractivity contribution in [1.29, 1.82) is 0 Å². The molecule has 0 saturated carbocycles. The second-order valence-electron chi connectivity index (χ2n) is 10.9. The number of aromatic nitrogens is 1. The van der Waals surface area contributed by atoms with Gasteiger partial charge in [-0.2, -0.15) is 0 Å². The SMILES string of the molecule is COc1cc(O[Si](c2ccccc2)(c2ccccc2)C(C)(C)C)cc(-c2cccc(C(O)C(=O)c3cscn3)c2)c1. The lowest BCUT2D eigenvalue weighted by Gasteiger charge is -2.43. The molecule has 1 atom stereocenters. The van der Waals surface area contributed by atoms with Gasteiger partial charge >= 0.3 is 8.32 Å². The topological polar surface area (TPSA) is 68.7 Å². The van der Waals surface area contributed by atoms with E-state index in [9.17, 15) is 9.90 Å². The summed E-state index contributed by atoms with van der Waals surface area (Å²) in [6.45, 7) is 6.72. The van der Waals surface area contributed by atoms with Crippen LogP contribution in [0.5, 0.6) is 11.5 Å². The molecule has 0 aliphatic carbocycles. The van der Waals surface area contributed by atoms with E-state index in [4.69, 9.17) is 9.16 Å². The molecule has 1 unspecified atom stereocenters. The summed E-state index contributed by atoms with van der Waals surface area (Å²) in [4.78, 5) is 16.8. The zero-order valence-electron chi connectivity index (χ0n) is 23.6. The summed E-state index contributed by atoms with van der Waals surface area (Å²) >= 11 is 1.32. The summed E-state index contributed by atoms with van der Waals surface area (Å²) in [7, 11) is -1.23. The van der Waals surface area contributed by atoms with Crippen LogP contribution in [-0.2, 0) is 0 Å². The van der Waals surface area contributed by atoms with E-state index in [-0.39, 0.29) is 10.7 Å². The van der Waals surface area contributed by atoms with E-state index in [0.717, 1.165) is 11.1 Å². The van der Waals surface area contributed by atoms with E-state index in [1.165, 1.54) is 21.7 Å². The fraction of sp³-hybridized carbons (Fsp3) is 0.176. The number of carbonyl (C=O) groups is 1. The van der Waals surface area contributed by atoms with Crippen molar-refractivity contribution in [2.75, 3.05) is 7.11 Å². The van der Waals surface area contributed by atoms with Crippen molar-refractivity contribution in [2.24, 2.45) is 0 Å². The average molecular weight is 580 g/mol. The normalized spacial score (nSPS) is 12.5. The Bertz CT molecular complexity index is 1580. The molecule has 41 heavy (non-hydrogen) atoms. The number of thiazole rings is 1. The van der Waals surface area contributed by atoms with Gasteiger partial charge in [0.1, 0.15) is 23.3 Å². The standard InChI is InChI=1S/C34H33NO4SSi/c1-34(2,3)41(29-14-7-5-8-15-29,30-16-9-6-10-17-30)39-28-20-26(19-27(21-28)38-4)24-12-11-13-25(18-24)32(36)33(37)31-22-40-23-35-31/h5-23,32,36H,1-4H3. The minimum Gasteiger partial charge on any atom is -0.534 e. The smallest absolute Gasteiger partial charge is 0.319 e. The molecule has 1 aromatic heterocycles. The first-order chi connectivity index (χ1) is 19.7. The van der Waals surface area contributed by atoms with Crippen molar-refractivity contribution in [3.8, 4) is 22.6 Å². The lowest BCUT2D eigenvalue weighted by atomic mass is 9.98. The molecule has 0 spiro atoms. The summed E-state index contributed by atoms with van der Waals surface area (Å²) < 4.78 is 13.0. The maximum Gasteiger partial charge on any atom is 0.319 e. The predicted octanol–water partition coefficient (Wildman–Crippen LogP) is 6.67. The highest BCUT2D eigenvalue weighted by Crippen LogP contribution is 2.40. The van der Waals surface area contributed by atoms with Crippen molar-refractivity contribution in [1.82, 2.24) is 4.98 Å². The van der Waals surface area contributed by atoms with Gasteiger partial charge < -0.3 is 14.3 Å². The minimum atomic E-state index is -2.87. The molecular weight excluding hydrogens is 547 g/mol. The summed E-state index contributed by atoms with van der Waals surface area (Å²) in [6.07, 6.45) is -1.31. The van der Waals surface area contributed by atoms with Crippen LogP contribution in [0.25, 0.3) is 11.1 Å². The number of aliphatic hydroxyl groups excluding tert-OH is 1. The van der Waals surface area contributed by atoms with Crippen LogP contribution < -0.4 is 19.5 Å². The highest BCUT2D eigenvalue weighted by atomic mass is 32.1. The molecule has 0 bridgehead atoms. The summed E-state index contributed by atoms with van der Waals surface area (Å²) in [5.74, 6) is 0.919. The van der Waals surface area contributed by atoms with E-state index in [1.54, 1.807) is 24.1 Å². The molecule has 1 N–H and O–H groups in total. The number of rotatable bonds is 9. The van der Waals surface area contributed by atoms with Gasteiger partial charge in [0.2, 0.25) is 5.78 Å². The second kappa shape index (κ2) is 11.8. The van der Waals surface area contributed by atoms with Gasteiger partial charge in [-0.15, -0.1) is 11.3 Å². The third kappa shape index (κ3) is 5.74. The first-order valence-electron chi connectivity index (χ1n) is 13.4. The molecule has 5 rings (SSSR count). The van der Waals surface area contributed by atoms with Crippen molar-refractivity contribution >= 4 is 35.8 Å². The van der Waals surface area contributed by atoms with E-state index < -0.39 is 20.2 Å². The van der Waals surface area contributed by atoms with E-state index in [1.807, 2.05) is 48.5 Å². The molecule has 0 fully saturated rings. The van der Waals surface area contributed by atoms with Crippen LogP contribution in [-0.4, -0.2) is 31.3 Å². The van der Waals surface area contributed by atoms with Crippen molar-refractivity contribution in [3.05, 3.63) is 125 Å². The van der Waals surface area contributed by atoms with E-state index in [0.29, 0.717) is 17.1 Å². The number of benzene rings is 4. The summed E-state index contributed by atoms with van der Waals surface area (Å²) in [6, 6.07) is 34.2. The van der Waals surface area contributed by atoms with Crippen LogP contribution in [0.15, 0.2) is 114 Å². The zero-order chi connectivity index (χ0) is 29.0. The molecular formula is C34H33NO4SSi. The number of carbonyl (C=O) groups excluding carboxylic acids is 1. The number of hydrogen-bond donors (Lipinski definition) is 1. The van der Waals surface area contributed by atoms with Crippen LogP contribution in [0, 0.1) is 0 Å². The van der Waals surface area contributed by atoms with Crippen LogP contribution in [0.3, 0.4) is 0 Å². The number of hydrogen-bond acceptors (Lipinski definition) is 6. The molecule has 5 nitrogen and oxygen atoms in total. The fourth-order valence-corrected chi connectivity index (χ4v) is 10.2. The van der Waals surface area contributed by atoms with Gasteiger partial charge in [-0.3, -0.25) is 4.79 Å². The first-order valence-corrected chi connectivity index (χ1v) is 16.3. The third-order valence-corrected chi connectivity index (χ3v) is 12.8. The van der Waals surface area contributed by atoms with Crippen LogP contribution in [0.2, 0.25) is 5.04 Å². The highest BCUT2D eigenvalue weighted by Gasteiger charge is 2.52. The number of ketones is 1. The number of nitrogens with zero attached hydrogens (tertiary/aromatic N) is 1. The molecule has 5 aromatic rings. The van der Waals surface area contributed by atoms with Gasteiger partial charge in [-0.1, -0.05) is 99.6 Å². The predicted molar refractivity (Wildman–Crippen MR) is 168 cm³/mol. The van der Waals surface area contributed by atoms with E-state index >= 15 is 0 Å². The monoisotopic (exact) mass is 579 g/mol. The number of ether oxygens (including phenoxy) is 1. The molecule has 1 heterocycles. The van der Waals surface area contributed by atoms with Crippen LogP contribution in [0.1, 0.15) is 42.9 Å². The minimum absolute atomic E-state index is 0.209. The molecule has 0 aliphatic rings. The maximum absolute atomic E-state index is 12.8. The maximum atomic E-state index is 12.8. The van der Waals surface area contributed by atoms with Gasteiger partial charge in [-0.25, -0.2) is 4.98 Å². The Kier molecular flexibility index (Phi) is 8.22. The number of aliphatic hydroxyl groups is 1. The molecule has 7 heteroatoms. The van der Waals surface area contributed by atoms with Gasteiger partial charge in [0.25, 0.3) is 0 Å². The molecule has 0 aliphatic heterocycles. The first kappa shape index (κ1) is 28.5. The molecule has 0 amide bonds. The van der Waals surface area contributed by atoms with Crippen molar-refractivity contribution in [3.63, 3.8) is 0 Å². The Morgan fingerprint density at radius 1 is 0.829 bits per heavy atom. The van der Waals surface area contributed by atoms with Gasteiger partial charge in [-0.05, 0) is 50.3 Å². The Balaban J connectivity index is 1.60. The Labute approximate surface area is 246 Å². The number of methoxy groups -OCH3 is 1. The quantitative estimate of drug-likeness (QED) is 0.156. The van der Waals surface area contributed by atoms with Gasteiger partial charge in [0.05, 0.1) is 12.6 Å².